The minimum absolute atomic E-state index is 0.0988. The SMILES string of the molecule is O=C(O)CCC/C=C/C1CC2CCC1C(NS(=O)(=O)/C=C/c1cccc(F)c1)C2. The molecule has 0 heterocycles. The van der Waals surface area contributed by atoms with Crippen molar-refractivity contribution in [3.8, 4) is 0 Å². The Morgan fingerprint density at radius 2 is 2.10 bits per heavy atom. The third-order valence-electron chi connectivity index (χ3n) is 5.92. The number of rotatable bonds is 9. The van der Waals surface area contributed by atoms with E-state index in [0.717, 1.165) is 37.5 Å². The van der Waals surface area contributed by atoms with E-state index < -0.39 is 21.8 Å². The fraction of sp³-hybridized carbons (Fsp3) is 0.500. The van der Waals surface area contributed by atoms with Crippen molar-refractivity contribution in [2.45, 2.75) is 51.0 Å². The molecule has 1 aromatic carbocycles. The summed E-state index contributed by atoms with van der Waals surface area (Å²) in [5.74, 6) is -0.0927. The van der Waals surface area contributed by atoms with E-state index in [-0.39, 0.29) is 18.4 Å². The highest BCUT2D eigenvalue weighted by Crippen LogP contribution is 2.46. The van der Waals surface area contributed by atoms with Crippen molar-refractivity contribution in [2.75, 3.05) is 0 Å². The topological polar surface area (TPSA) is 83.5 Å². The highest BCUT2D eigenvalue weighted by molar-refractivity contribution is 7.92. The van der Waals surface area contributed by atoms with E-state index in [1.54, 1.807) is 12.1 Å². The molecule has 7 heteroatoms. The summed E-state index contributed by atoms with van der Waals surface area (Å²) in [5.41, 5.74) is 0.503. The monoisotopic (exact) mass is 421 g/mol. The smallest absolute Gasteiger partial charge is 0.303 e. The Hall–Kier alpha value is -1.99. The van der Waals surface area contributed by atoms with Crippen molar-refractivity contribution < 1.29 is 22.7 Å². The first-order chi connectivity index (χ1) is 13.8. The van der Waals surface area contributed by atoms with Crippen molar-refractivity contribution >= 4 is 22.1 Å². The van der Waals surface area contributed by atoms with Crippen molar-refractivity contribution in [2.24, 2.45) is 17.8 Å². The maximum absolute atomic E-state index is 13.3. The van der Waals surface area contributed by atoms with E-state index in [1.807, 2.05) is 6.08 Å². The summed E-state index contributed by atoms with van der Waals surface area (Å²) in [5, 5.41) is 9.82. The van der Waals surface area contributed by atoms with Gasteiger partial charge in [0.25, 0.3) is 0 Å². The minimum atomic E-state index is -3.62. The van der Waals surface area contributed by atoms with Crippen LogP contribution in [0.5, 0.6) is 0 Å². The Labute approximate surface area is 171 Å². The minimum Gasteiger partial charge on any atom is -0.481 e. The number of benzene rings is 1. The molecule has 2 bridgehead atoms. The fourth-order valence-electron chi connectivity index (χ4n) is 4.59. The molecule has 0 spiro atoms. The largest absolute Gasteiger partial charge is 0.481 e. The number of halogens is 1. The summed E-state index contributed by atoms with van der Waals surface area (Å²) in [6.07, 6.45) is 11.2. The second kappa shape index (κ2) is 9.67. The summed E-state index contributed by atoms with van der Waals surface area (Å²) in [7, 11) is -3.62. The molecule has 4 unspecified atom stereocenters. The molecule has 3 aliphatic rings. The molecule has 5 nitrogen and oxygen atoms in total. The second-order valence-corrected chi connectivity index (χ2v) is 9.68. The zero-order valence-corrected chi connectivity index (χ0v) is 17.2. The van der Waals surface area contributed by atoms with Gasteiger partial charge in [0.1, 0.15) is 5.82 Å². The highest BCUT2D eigenvalue weighted by atomic mass is 32.2. The summed E-state index contributed by atoms with van der Waals surface area (Å²) >= 11 is 0. The van der Waals surface area contributed by atoms with Crippen molar-refractivity contribution in [1.82, 2.24) is 4.72 Å². The summed E-state index contributed by atoms with van der Waals surface area (Å²) in [6.45, 7) is 0. The maximum Gasteiger partial charge on any atom is 0.303 e. The Morgan fingerprint density at radius 3 is 2.83 bits per heavy atom. The predicted molar refractivity (Wildman–Crippen MR) is 111 cm³/mol. The third kappa shape index (κ3) is 6.51. The second-order valence-electron chi connectivity index (χ2n) is 8.08. The van der Waals surface area contributed by atoms with Gasteiger partial charge in [0.15, 0.2) is 0 Å². The Kier molecular flexibility index (Phi) is 7.24. The molecule has 158 valence electrons. The number of hydrogen-bond donors (Lipinski definition) is 2. The van der Waals surface area contributed by atoms with Gasteiger partial charge in [-0.3, -0.25) is 4.79 Å². The van der Waals surface area contributed by atoms with Crippen molar-refractivity contribution in [1.29, 1.82) is 0 Å². The molecule has 0 amide bonds. The van der Waals surface area contributed by atoms with Crippen LogP contribution in [0.2, 0.25) is 0 Å². The Bertz CT molecular complexity index is 881. The van der Waals surface area contributed by atoms with Crippen LogP contribution in [0.1, 0.15) is 50.5 Å². The van der Waals surface area contributed by atoms with Gasteiger partial charge in [0.2, 0.25) is 10.0 Å². The summed E-state index contributed by atoms with van der Waals surface area (Å²) < 4.78 is 41.2. The number of nitrogens with one attached hydrogen (secondary N) is 1. The molecule has 4 atom stereocenters. The lowest BCUT2D eigenvalue weighted by Gasteiger charge is -2.46. The number of sulfonamides is 1. The van der Waals surface area contributed by atoms with Crippen molar-refractivity contribution in [3.63, 3.8) is 0 Å². The van der Waals surface area contributed by atoms with Crippen LogP contribution in [0.3, 0.4) is 0 Å². The molecule has 1 aromatic rings. The van der Waals surface area contributed by atoms with Crippen LogP contribution in [0.15, 0.2) is 41.8 Å². The van der Waals surface area contributed by atoms with Gasteiger partial charge in [-0.25, -0.2) is 17.5 Å². The quantitative estimate of drug-likeness (QED) is 0.459. The highest BCUT2D eigenvalue weighted by Gasteiger charge is 2.42. The van der Waals surface area contributed by atoms with Gasteiger partial charge in [0.05, 0.1) is 0 Å². The molecular formula is C22H28FNO4S. The summed E-state index contributed by atoms with van der Waals surface area (Å²) in [6, 6.07) is 5.71. The van der Waals surface area contributed by atoms with Crippen LogP contribution >= 0.6 is 0 Å². The van der Waals surface area contributed by atoms with Gasteiger partial charge in [-0.1, -0.05) is 30.7 Å². The van der Waals surface area contributed by atoms with Crippen molar-refractivity contribution in [3.05, 3.63) is 53.2 Å². The lowest BCUT2D eigenvalue weighted by Crippen LogP contribution is -2.49. The van der Waals surface area contributed by atoms with Gasteiger partial charge >= 0.3 is 5.97 Å². The Balaban J connectivity index is 1.59. The van der Waals surface area contributed by atoms with E-state index in [2.05, 4.69) is 10.8 Å². The van der Waals surface area contributed by atoms with Gasteiger partial charge in [0, 0.05) is 17.9 Å². The van der Waals surface area contributed by atoms with E-state index in [9.17, 15) is 17.6 Å². The number of unbranched alkanes of at least 4 members (excludes halogenated alkanes) is 1. The van der Waals surface area contributed by atoms with Crippen LogP contribution in [-0.2, 0) is 14.8 Å². The lowest BCUT2D eigenvalue weighted by molar-refractivity contribution is -0.137. The predicted octanol–water partition coefficient (Wildman–Crippen LogP) is 4.33. The third-order valence-corrected chi connectivity index (χ3v) is 7.04. The average molecular weight is 422 g/mol. The molecule has 3 aliphatic carbocycles. The van der Waals surface area contributed by atoms with Crippen LogP contribution < -0.4 is 4.72 Å². The fourth-order valence-corrected chi connectivity index (χ4v) is 5.70. The van der Waals surface area contributed by atoms with Gasteiger partial charge in [-0.05, 0) is 73.6 Å². The Morgan fingerprint density at radius 1 is 1.28 bits per heavy atom. The molecule has 0 aliphatic heterocycles. The zero-order chi connectivity index (χ0) is 20.9. The van der Waals surface area contributed by atoms with E-state index >= 15 is 0 Å². The molecule has 0 aromatic heterocycles. The molecular weight excluding hydrogens is 393 g/mol. The molecule has 0 saturated heterocycles. The van der Waals surface area contributed by atoms with Crippen LogP contribution in [-0.4, -0.2) is 25.5 Å². The molecule has 3 fully saturated rings. The van der Waals surface area contributed by atoms with E-state index in [0.29, 0.717) is 23.8 Å². The first-order valence-electron chi connectivity index (χ1n) is 10.2. The molecule has 0 radical (unpaired) electrons. The lowest BCUT2D eigenvalue weighted by atomic mass is 9.62. The first kappa shape index (κ1) is 21.7. The number of fused-ring (bicyclic) bond motifs is 3. The maximum atomic E-state index is 13.3. The molecule has 3 saturated carbocycles. The van der Waals surface area contributed by atoms with Gasteiger partial charge < -0.3 is 5.11 Å². The number of allylic oxidation sites excluding steroid dienone is 2. The molecule has 29 heavy (non-hydrogen) atoms. The number of carboxylic acids is 1. The first-order valence-corrected chi connectivity index (χ1v) is 11.7. The zero-order valence-electron chi connectivity index (χ0n) is 16.3. The van der Waals surface area contributed by atoms with E-state index in [1.165, 1.54) is 18.2 Å². The van der Waals surface area contributed by atoms with E-state index in [4.69, 9.17) is 5.11 Å². The van der Waals surface area contributed by atoms with Gasteiger partial charge in [-0.2, -0.15) is 0 Å². The number of carbonyl (C=O) groups is 1. The number of carboxylic acid groups (broad SMARTS) is 1. The number of aliphatic carboxylic acids is 1. The molecule has 2 N–H and O–H groups in total. The average Bonchev–Trinajstić information content (AvgIpc) is 2.66. The number of hydrogen-bond acceptors (Lipinski definition) is 3. The molecule has 4 rings (SSSR count). The normalized spacial score (nSPS) is 27.1. The standard InChI is InChI=1S/C22H28FNO4S/c23-19-7-4-5-16(14-19)11-12-29(27,28)24-21-15-17-9-10-20(21)18(13-17)6-2-1-3-8-22(25)26/h2,4-7,11-12,14,17-18,20-21,24H,1,3,8-10,13,15H2,(H,25,26)/b6-2+,12-11+. The van der Waals surface area contributed by atoms with Crippen LogP contribution in [0.4, 0.5) is 4.39 Å². The van der Waals surface area contributed by atoms with Gasteiger partial charge in [-0.15, -0.1) is 0 Å². The van der Waals surface area contributed by atoms with Crippen LogP contribution in [0.25, 0.3) is 6.08 Å². The summed E-state index contributed by atoms with van der Waals surface area (Å²) in [4.78, 5) is 10.6. The van der Waals surface area contributed by atoms with Crippen LogP contribution in [0, 0.1) is 23.6 Å².